The molecule has 23 heavy (non-hydrogen) atoms. The molecule has 1 aromatic carbocycles. The van der Waals surface area contributed by atoms with E-state index >= 15 is 0 Å². The van der Waals surface area contributed by atoms with Crippen molar-refractivity contribution in [3.63, 3.8) is 0 Å². The maximum Gasteiger partial charge on any atom is 0.240 e. The van der Waals surface area contributed by atoms with Gasteiger partial charge in [-0.2, -0.15) is 5.10 Å². The Morgan fingerprint density at radius 3 is 2.74 bits per heavy atom. The van der Waals surface area contributed by atoms with Gasteiger partial charge in [0.05, 0.1) is 11.9 Å². The number of carbonyl (C=O) groups excluding carboxylic acids is 2. The first-order chi connectivity index (χ1) is 11.1. The second kappa shape index (κ2) is 8.14. The summed E-state index contributed by atoms with van der Waals surface area (Å²) in [7, 11) is 0. The predicted octanol–water partition coefficient (Wildman–Crippen LogP) is 2.85. The third kappa shape index (κ3) is 5.27. The van der Waals surface area contributed by atoms with E-state index < -0.39 is 0 Å². The van der Waals surface area contributed by atoms with E-state index in [1.165, 1.54) is 6.21 Å². The van der Waals surface area contributed by atoms with E-state index in [0.717, 1.165) is 11.3 Å². The third-order valence-electron chi connectivity index (χ3n) is 3.14. The summed E-state index contributed by atoms with van der Waals surface area (Å²) in [6, 6.07) is 8.91. The molecule has 0 radical (unpaired) electrons. The minimum Gasteiger partial charge on any atom is -0.360 e. The molecular formula is C16H17ClN4O2. The Bertz CT molecular complexity index is 711. The lowest BCUT2D eigenvalue weighted by Gasteiger charge is -2.09. The summed E-state index contributed by atoms with van der Waals surface area (Å²) in [5, 5.41) is 7.12. The Morgan fingerprint density at radius 1 is 1.22 bits per heavy atom. The molecule has 6 nitrogen and oxygen atoms in total. The van der Waals surface area contributed by atoms with Gasteiger partial charge in [-0.05, 0) is 36.8 Å². The van der Waals surface area contributed by atoms with E-state index in [-0.39, 0.29) is 24.7 Å². The van der Waals surface area contributed by atoms with Crippen molar-refractivity contribution in [3.8, 4) is 0 Å². The van der Waals surface area contributed by atoms with Gasteiger partial charge in [-0.3, -0.25) is 9.59 Å². The molecule has 2 rings (SSSR count). The molecule has 0 aliphatic carbocycles. The smallest absolute Gasteiger partial charge is 0.240 e. The summed E-state index contributed by atoms with van der Waals surface area (Å²) in [6.45, 7) is 1.82. The molecule has 3 N–H and O–H groups in total. The summed E-state index contributed by atoms with van der Waals surface area (Å²) >= 11 is 5.99. The third-order valence-corrected chi connectivity index (χ3v) is 3.55. The first kappa shape index (κ1) is 16.8. The van der Waals surface area contributed by atoms with Crippen molar-refractivity contribution in [2.45, 2.75) is 19.8 Å². The van der Waals surface area contributed by atoms with Crippen LogP contribution in [0.4, 0.5) is 5.69 Å². The van der Waals surface area contributed by atoms with Crippen LogP contribution in [0.3, 0.4) is 0 Å². The fourth-order valence-electron chi connectivity index (χ4n) is 1.84. The van der Waals surface area contributed by atoms with Crippen LogP contribution in [0.1, 0.15) is 24.1 Å². The van der Waals surface area contributed by atoms with Crippen LogP contribution >= 0.6 is 11.6 Å². The molecule has 0 aliphatic rings. The van der Waals surface area contributed by atoms with Crippen LogP contribution in [0.5, 0.6) is 0 Å². The molecule has 0 saturated heterocycles. The van der Waals surface area contributed by atoms with Crippen LogP contribution < -0.4 is 10.7 Å². The molecular weight excluding hydrogens is 316 g/mol. The molecule has 0 aliphatic heterocycles. The monoisotopic (exact) mass is 332 g/mol. The van der Waals surface area contributed by atoms with E-state index in [2.05, 4.69) is 20.8 Å². The summed E-state index contributed by atoms with van der Waals surface area (Å²) < 4.78 is 0. The summed E-state index contributed by atoms with van der Waals surface area (Å²) in [5.41, 5.74) is 4.59. The number of carbonyl (C=O) groups is 2. The maximum absolute atomic E-state index is 11.9. The number of aromatic amines is 1. The van der Waals surface area contributed by atoms with Gasteiger partial charge in [0, 0.05) is 29.7 Å². The molecule has 0 saturated carbocycles. The zero-order valence-corrected chi connectivity index (χ0v) is 13.4. The van der Waals surface area contributed by atoms with E-state index in [9.17, 15) is 9.59 Å². The Labute approximate surface area is 138 Å². The van der Waals surface area contributed by atoms with Crippen molar-refractivity contribution in [1.29, 1.82) is 0 Å². The van der Waals surface area contributed by atoms with E-state index in [1.807, 2.05) is 19.1 Å². The summed E-state index contributed by atoms with van der Waals surface area (Å²) in [5.74, 6) is -0.579. The normalized spacial score (nSPS) is 10.7. The summed E-state index contributed by atoms with van der Waals surface area (Å²) in [4.78, 5) is 26.4. The largest absolute Gasteiger partial charge is 0.360 e. The molecule has 0 bridgehead atoms. The second-order valence-electron chi connectivity index (χ2n) is 4.88. The lowest BCUT2D eigenvalue weighted by atomic mass is 10.2. The van der Waals surface area contributed by atoms with Gasteiger partial charge < -0.3 is 10.3 Å². The molecule has 1 heterocycles. The van der Waals surface area contributed by atoms with Gasteiger partial charge in [-0.15, -0.1) is 0 Å². The highest BCUT2D eigenvalue weighted by Crippen LogP contribution is 2.22. The summed E-state index contributed by atoms with van der Waals surface area (Å²) in [6.07, 6.45) is 3.36. The van der Waals surface area contributed by atoms with Crippen molar-refractivity contribution in [3.05, 3.63) is 52.8 Å². The second-order valence-corrected chi connectivity index (χ2v) is 5.29. The van der Waals surface area contributed by atoms with Gasteiger partial charge in [-0.25, -0.2) is 5.43 Å². The fourth-order valence-corrected chi connectivity index (χ4v) is 2.01. The number of H-pyrrole nitrogens is 1. The van der Waals surface area contributed by atoms with Crippen LogP contribution in [0.2, 0.25) is 5.02 Å². The highest BCUT2D eigenvalue weighted by Gasteiger charge is 2.09. The lowest BCUT2D eigenvalue weighted by molar-refractivity contribution is -0.124. The molecule has 1 aromatic heterocycles. The Morgan fingerprint density at radius 2 is 2.00 bits per heavy atom. The first-order valence-electron chi connectivity index (χ1n) is 7.06. The number of benzene rings is 1. The van der Waals surface area contributed by atoms with Crippen LogP contribution in [-0.4, -0.2) is 23.0 Å². The Hall–Kier alpha value is -2.60. The van der Waals surface area contributed by atoms with E-state index in [1.54, 1.807) is 24.4 Å². The zero-order valence-electron chi connectivity index (χ0n) is 12.6. The number of hydrogen-bond acceptors (Lipinski definition) is 3. The average Bonchev–Trinajstić information content (AvgIpc) is 3.03. The number of hydrazone groups is 1. The maximum atomic E-state index is 11.9. The fraction of sp³-hybridized carbons (Fsp3) is 0.188. The van der Waals surface area contributed by atoms with Gasteiger partial charge >= 0.3 is 0 Å². The minimum absolute atomic E-state index is 0.0491. The topological polar surface area (TPSA) is 86.3 Å². The molecule has 2 aromatic rings. The quantitative estimate of drug-likeness (QED) is 0.561. The van der Waals surface area contributed by atoms with Gasteiger partial charge in [0.2, 0.25) is 11.8 Å². The zero-order chi connectivity index (χ0) is 16.7. The van der Waals surface area contributed by atoms with Gasteiger partial charge in [0.1, 0.15) is 0 Å². The minimum atomic E-state index is -0.328. The van der Waals surface area contributed by atoms with Gasteiger partial charge in [0.25, 0.3) is 0 Å². The number of halogens is 1. The number of anilines is 1. The SMILES string of the molecule is Cc1c(Cl)cccc1NC(=O)CCC(=O)N/N=C/c1ccc[nH]1. The molecule has 2 amide bonds. The van der Waals surface area contributed by atoms with Crippen LogP contribution in [0.15, 0.2) is 41.6 Å². The van der Waals surface area contributed by atoms with Crippen LogP contribution in [0.25, 0.3) is 0 Å². The molecule has 0 spiro atoms. The molecule has 0 fully saturated rings. The number of nitrogens with zero attached hydrogens (tertiary/aromatic N) is 1. The number of rotatable bonds is 6. The van der Waals surface area contributed by atoms with E-state index in [4.69, 9.17) is 11.6 Å². The van der Waals surface area contributed by atoms with Gasteiger partial charge in [0.15, 0.2) is 0 Å². The highest BCUT2D eigenvalue weighted by atomic mass is 35.5. The predicted molar refractivity (Wildman–Crippen MR) is 90.6 cm³/mol. The number of aromatic nitrogens is 1. The molecule has 0 unspecified atom stereocenters. The van der Waals surface area contributed by atoms with Gasteiger partial charge in [-0.1, -0.05) is 17.7 Å². The number of nitrogens with one attached hydrogen (secondary N) is 3. The van der Waals surface area contributed by atoms with Crippen molar-refractivity contribution in [2.24, 2.45) is 5.10 Å². The first-order valence-corrected chi connectivity index (χ1v) is 7.44. The Kier molecular flexibility index (Phi) is 5.94. The van der Waals surface area contributed by atoms with Crippen molar-refractivity contribution in [2.75, 3.05) is 5.32 Å². The number of hydrogen-bond donors (Lipinski definition) is 3. The average molecular weight is 333 g/mol. The standard InChI is InChI=1S/C16H17ClN4O2/c1-11-13(17)5-2-6-14(11)20-15(22)7-8-16(23)21-19-10-12-4-3-9-18-12/h2-6,9-10,18H,7-8H2,1H3,(H,20,22)(H,21,23)/b19-10+. The lowest BCUT2D eigenvalue weighted by Crippen LogP contribution is -2.20. The number of amides is 2. The van der Waals surface area contributed by atoms with Crippen molar-refractivity contribution < 1.29 is 9.59 Å². The molecule has 0 atom stereocenters. The van der Waals surface area contributed by atoms with Crippen molar-refractivity contribution >= 4 is 35.3 Å². The van der Waals surface area contributed by atoms with E-state index in [0.29, 0.717) is 10.7 Å². The molecule has 7 heteroatoms. The van der Waals surface area contributed by atoms with Crippen LogP contribution in [0, 0.1) is 6.92 Å². The Balaban J connectivity index is 1.75. The molecule has 120 valence electrons. The highest BCUT2D eigenvalue weighted by molar-refractivity contribution is 6.31. The van der Waals surface area contributed by atoms with Crippen molar-refractivity contribution in [1.82, 2.24) is 10.4 Å². The van der Waals surface area contributed by atoms with Crippen LogP contribution in [-0.2, 0) is 9.59 Å².